The summed E-state index contributed by atoms with van der Waals surface area (Å²) >= 11 is 0. The van der Waals surface area contributed by atoms with Crippen molar-refractivity contribution in [2.75, 3.05) is 13.2 Å². The molecule has 1 amide bonds. The van der Waals surface area contributed by atoms with E-state index in [1.165, 1.54) is 0 Å². The normalized spacial score (nSPS) is 18.5. The maximum absolute atomic E-state index is 11.1. The van der Waals surface area contributed by atoms with Gasteiger partial charge in [0.15, 0.2) is 6.61 Å². The number of hydrogen-bond acceptors (Lipinski definition) is 4. The monoisotopic (exact) mass is 259 g/mol. The van der Waals surface area contributed by atoms with Gasteiger partial charge in [-0.3, -0.25) is 4.79 Å². The number of amides is 1. The van der Waals surface area contributed by atoms with Crippen molar-refractivity contribution in [1.82, 2.24) is 10.6 Å². The number of nitrogens with one attached hydrogen (secondary N) is 2. The van der Waals surface area contributed by atoms with Gasteiger partial charge in [0.05, 0.1) is 0 Å². The molecule has 0 spiro atoms. The minimum absolute atomic E-state index is 0.0521. The number of hydrogen-bond donors (Lipinski definition) is 2. The van der Waals surface area contributed by atoms with Crippen LogP contribution in [0.1, 0.15) is 18.4 Å². The number of rotatable bonds is 5. The molecule has 1 unspecified atom stereocenters. The van der Waals surface area contributed by atoms with Gasteiger partial charge in [-0.2, -0.15) is 5.26 Å². The average Bonchev–Trinajstić information content (AvgIpc) is 2.45. The van der Waals surface area contributed by atoms with Gasteiger partial charge in [-0.05, 0) is 12.5 Å². The summed E-state index contributed by atoms with van der Waals surface area (Å²) in [5.74, 6) is 0.854. The quantitative estimate of drug-likeness (QED) is 0.826. The van der Waals surface area contributed by atoms with Crippen molar-refractivity contribution < 1.29 is 9.53 Å². The zero-order chi connectivity index (χ0) is 13.5. The van der Waals surface area contributed by atoms with Crippen LogP contribution in [0.2, 0.25) is 0 Å². The van der Waals surface area contributed by atoms with Gasteiger partial charge >= 0.3 is 0 Å². The summed E-state index contributed by atoms with van der Waals surface area (Å²) in [7, 11) is 0. The van der Waals surface area contributed by atoms with Crippen molar-refractivity contribution in [2.45, 2.75) is 25.4 Å². The van der Waals surface area contributed by atoms with E-state index < -0.39 is 0 Å². The van der Waals surface area contributed by atoms with E-state index in [9.17, 15) is 4.79 Å². The summed E-state index contributed by atoms with van der Waals surface area (Å²) in [5.41, 5.74) is 1.02. The molecule has 2 rings (SSSR count). The highest BCUT2D eigenvalue weighted by Gasteiger charge is 2.17. The third-order valence-electron chi connectivity index (χ3n) is 3.11. The van der Waals surface area contributed by atoms with Gasteiger partial charge < -0.3 is 15.4 Å². The first kappa shape index (κ1) is 13.4. The first-order valence-corrected chi connectivity index (χ1v) is 6.37. The van der Waals surface area contributed by atoms with Crippen LogP contribution in [0.4, 0.5) is 0 Å². The van der Waals surface area contributed by atoms with E-state index in [1.54, 1.807) is 0 Å². The standard InChI is InChI=1S/C14H17N3O2/c15-7-8-19-13-4-2-1-3-11(13)9-16-12-5-6-14(18)17-10-12/h1-4,12,16H,5-6,8-10H2,(H,17,18). The molecule has 0 aromatic heterocycles. The topological polar surface area (TPSA) is 74.1 Å². The van der Waals surface area contributed by atoms with Crippen LogP contribution in [0.15, 0.2) is 24.3 Å². The number of nitriles is 1. The molecule has 100 valence electrons. The van der Waals surface area contributed by atoms with Crippen LogP contribution >= 0.6 is 0 Å². The highest BCUT2D eigenvalue weighted by Crippen LogP contribution is 2.18. The average molecular weight is 259 g/mol. The first-order valence-electron chi connectivity index (χ1n) is 6.37. The van der Waals surface area contributed by atoms with Crippen LogP contribution in [0.3, 0.4) is 0 Å². The Labute approximate surface area is 112 Å². The van der Waals surface area contributed by atoms with Crippen LogP contribution in [0.25, 0.3) is 0 Å². The van der Waals surface area contributed by atoms with Crippen molar-refractivity contribution >= 4 is 5.91 Å². The lowest BCUT2D eigenvalue weighted by Crippen LogP contribution is -2.45. The van der Waals surface area contributed by atoms with Crippen molar-refractivity contribution in [1.29, 1.82) is 5.26 Å². The van der Waals surface area contributed by atoms with Crippen molar-refractivity contribution in [3.63, 3.8) is 0 Å². The molecular weight excluding hydrogens is 242 g/mol. The van der Waals surface area contributed by atoms with E-state index in [2.05, 4.69) is 10.6 Å². The molecular formula is C14H17N3O2. The predicted octanol–water partition coefficient (Wildman–Crippen LogP) is 0.957. The van der Waals surface area contributed by atoms with Crippen LogP contribution in [-0.2, 0) is 11.3 Å². The second kappa shape index (κ2) is 6.76. The molecule has 1 aromatic carbocycles. The molecule has 1 aromatic rings. The van der Waals surface area contributed by atoms with Crippen LogP contribution in [0, 0.1) is 11.3 Å². The molecule has 1 aliphatic heterocycles. The Morgan fingerprint density at radius 2 is 2.32 bits per heavy atom. The lowest BCUT2D eigenvalue weighted by Gasteiger charge is -2.24. The molecule has 2 N–H and O–H groups in total. The number of para-hydroxylation sites is 1. The Hall–Kier alpha value is -2.06. The van der Waals surface area contributed by atoms with E-state index in [0.717, 1.165) is 17.7 Å². The summed E-state index contributed by atoms with van der Waals surface area (Å²) in [6.45, 7) is 1.39. The minimum atomic E-state index is 0.0521. The fourth-order valence-electron chi connectivity index (χ4n) is 2.06. The minimum Gasteiger partial charge on any atom is -0.478 e. The lowest BCUT2D eigenvalue weighted by molar-refractivity contribution is -0.122. The van der Waals surface area contributed by atoms with E-state index in [1.807, 2.05) is 30.3 Å². The van der Waals surface area contributed by atoms with Crippen molar-refractivity contribution in [3.05, 3.63) is 29.8 Å². The van der Waals surface area contributed by atoms with Crippen LogP contribution in [-0.4, -0.2) is 25.1 Å². The van der Waals surface area contributed by atoms with Gasteiger partial charge in [-0.1, -0.05) is 18.2 Å². The molecule has 0 bridgehead atoms. The summed E-state index contributed by atoms with van der Waals surface area (Å²) < 4.78 is 5.37. The maximum atomic E-state index is 11.1. The Balaban J connectivity index is 1.88. The largest absolute Gasteiger partial charge is 0.478 e. The van der Waals surface area contributed by atoms with Gasteiger partial charge in [0.1, 0.15) is 11.8 Å². The molecule has 1 aliphatic rings. The number of benzene rings is 1. The SMILES string of the molecule is N#CCOc1ccccc1CNC1CCC(=O)NC1. The Bertz CT molecular complexity index is 472. The van der Waals surface area contributed by atoms with Gasteiger partial charge in [-0.15, -0.1) is 0 Å². The predicted molar refractivity (Wildman–Crippen MR) is 70.4 cm³/mol. The fraction of sp³-hybridized carbons (Fsp3) is 0.429. The molecule has 1 atom stereocenters. The first-order chi connectivity index (χ1) is 9.29. The van der Waals surface area contributed by atoms with Crippen LogP contribution < -0.4 is 15.4 Å². The van der Waals surface area contributed by atoms with Crippen molar-refractivity contribution in [3.8, 4) is 11.8 Å². The lowest BCUT2D eigenvalue weighted by atomic mass is 10.1. The number of carbonyl (C=O) groups excluding carboxylic acids is 1. The number of nitrogens with zero attached hydrogens (tertiary/aromatic N) is 1. The smallest absolute Gasteiger partial charge is 0.220 e. The second-order valence-electron chi connectivity index (χ2n) is 4.48. The molecule has 1 fully saturated rings. The molecule has 5 nitrogen and oxygen atoms in total. The highest BCUT2D eigenvalue weighted by molar-refractivity contribution is 5.76. The summed E-state index contributed by atoms with van der Waals surface area (Å²) in [6, 6.07) is 9.92. The van der Waals surface area contributed by atoms with E-state index in [-0.39, 0.29) is 12.5 Å². The Morgan fingerprint density at radius 1 is 1.47 bits per heavy atom. The second-order valence-corrected chi connectivity index (χ2v) is 4.48. The van der Waals surface area contributed by atoms with Crippen LogP contribution in [0.5, 0.6) is 5.75 Å². The Kier molecular flexibility index (Phi) is 4.76. The van der Waals surface area contributed by atoms with Gasteiger partial charge in [-0.25, -0.2) is 0 Å². The van der Waals surface area contributed by atoms with Crippen molar-refractivity contribution in [2.24, 2.45) is 0 Å². The van der Waals surface area contributed by atoms with E-state index >= 15 is 0 Å². The van der Waals surface area contributed by atoms with Gasteiger partial charge in [0.2, 0.25) is 5.91 Å². The third kappa shape index (κ3) is 3.97. The summed E-state index contributed by atoms with van der Waals surface area (Å²) in [5, 5.41) is 14.8. The highest BCUT2D eigenvalue weighted by atomic mass is 16.5. The number of piperidine rings is 1. The van der Waals surface area contributed by atoms with E-state index in [4.69, 9.17) is 10.00 Å². The zero-order valence-electron chi connectivity index (χ0n) is 10.7. The Morgan fingerprint density at radius 3 is 3.05 bits per heavy atom. The molecule has 0 radical (unpaired) electrons. The summed E-state index contributed by atoms with van der Waals surface area (Å²) in [6.07, 6.45) is 1.43. The molecule has 5 heteroatoms. The fourth-order valence-corrected chi connectivity index (χ4v) is 2.06. The molecule has 0 aliphatic carbocycles. The van der Waals surface area contributed by atoms with Gasteiger partial charge in [0.25, 0.3) is 0 Å². The summed E-state index contributed by atoms with van der Waals surface area (Å²) in [4.78, 5) is 11.1. The third-order valence-corrected chi connectivity index (χ3v) is 3.11. The molecule has 0 saturated carbocycles. The van der Waals surface area contributed by atoms with E-state index in [0.29, 0.717) is 25.6 Å². The number of carbonyl (C=O) groups is 1. The molecule has 19 heavy (non-hydrogen) atoms. The zero-order valence-corrected chi connectivity index (χ0v) is 10.7. The maximum Gasteiger partial charge on any atom is 0.220 e. The van der Waals surface area contributed by atoms with Gasteiger partial charge in [0, 0.05) is 31.1 Å². The molecule has 1 heterocycles. The number of ether oxygens (including phenoxy) is 1. The molecule has 1 saturated heterocycles.